The second kappa shape index (κ2) is 11.8. The molecule has 0 N–H and O–H groups in total. The molecule has 0 spiro atoms. The van der Waals surface area contributed by atoms with Crippen molar-refractivity contribution < 1.29 is 47.7 Å². The third-order valence-electron chi connectivity index (χ3n) is 8.76. The van der Waals surface area contributed by atoms with Crippen LogP contribution in [0.25, 0.3) is 0 Å². The molecule has 0 unspecified atom stereocenters. The van der Waals surface area contributed by atoms with Gasteiger partial charge in [0, 0.05) is 38.5 Å². The zero-order valence-corrected chi connectivity index (χ0v) is 24.2. The van der Waals surface area contributed by atoms with Crippen LogP contribution < -0.4 is 0 Å². The normalized spacial score (nSPS) is 38.1. The highest BCUT2D eigenvalue weighted by Crippen LogP contribution is 2.57. The summed E-state index contributed by atoms with van der Waals surface area (Å²) in [7, 11) is 1.25. The third-order valence-corrected chi connectivity index (χ3v) is 8.76. The number of hydrogen-bond donors (Lipinski definition) is 0. The number of methoxy groups -OCH3 is 1. The van der Waals surface area contributed by atoms with Crippen LogP contribution in [0.5, 0.6) is 0 Å². The number of fused-ring (bicyclic) bond motifs is 2. The number of carbonyl (C=O) groups is 5. The highest BCUT2D eigenvalue weighted by Gasteiger charge is 2.72. The predicted octanol–water partition coefficient (Wildman–Crippen LogP) is 3.48. The number of hydrogen-bond acceptors (Lipinski definition) is 10. The van der Waals surface area contributed by atoms with E-state index in [1.54, 1.807) is 20.8 Å². The van der Waals surface area contributed by atoms with Crippen LogP contribution in [-0.2, 0) is 47.7 Å². The zero-order chi connectivity index (χ0) is 29.3. The molecule has 39 heavy (non-hydrogen) atoms. The largest absolute Gasteiger partial charge is 0.469 e. The van der Waals surface area contributed by atoms with Crippen LogP contribution in [0.4, 0.5) is 0 Å². The molecule has 0 aromatic rings. The Morgan fingerprint density at radius 2 is 1.74 bits per heavy atom. The molecule has 0 aromatic carbocycles. The van der Waals surface area contributed by atoms with Crippen molar-refractivity contribution >= 4 is 29.7 Å². The van der Waals surface area contributed by atoms with E-state index in [9.17, 15) is 24.0 Å². The Morgan fingerprint density at radius 1 is 1.10 bits per heavy atom. The number of Topliss-reactive ketones (excluding diaryl/α,β-unsaturated/α-hetero) is 1. The Morgan fingerprint density at radius 3 is 2.31 bits per heavy atom. The molecule has 0 aromatic heterocycles. The van der Waals surface area contributed by atoms with Gasteiger partial charge >= 0.3 is 23.9 Å². The quantitative estimate of drug-likeness (QED) is 0.201. The summed E-state index contributed by atoms with van der Waals surface area (Å²) in [5.74, 6) is -4.98. The van der Waals surface area contributed by atoms with Crippen LogP contribution in [0, 0.1) is 23.2 Å². The van der Waals surface area contributed by atoms with E-state index in [1.807, 2.05) is 19.9 Å². The van der Waals surface area contributed by atoms with Crippen LogP contribution in [-0.4, -0.2) is 66.8 Å². The first kappa shape index (κ1) is 30.8. The molecular weight excluding hydrogens is 508 g/mol. The average molecular weight is 551 g/mol. The summed E-state index contributed by atoms with van der Waals surface area (Å²) in [5, 5.41) is 0. The maximum absolute atomic E-state index is 14.8. The number of esters is 4. The SMILES string of the molecule is CCCC(=O)O[C@H]1CC/C(C)=C\[C@@H]2O[C@@]2([C@H](C)C(=O)OC)C(=O)[C@@H]2[C@@H](C)[C@@H](OC(C)=O)C[C@@H](OC(C)=O)[C@@]12C. The van der Waals surface area contributed by atoms with Gasteiger partial charge in [-0.15, -0.1) is 0 Å². The van der Waals surface area contributed by atoms with E-state index in [0.717, 1.165) is 5.57 Å². The monoisotopic (exact) mass is 550 g/mol. The first-order valence-corrected chi connectivity index (χ1v) is 13.7. The van der Waals surface area contributed by atoms with Gasteiger partial charge < -0.3 is 23.7 Å². The second-order valence-electron chi connectivity index (χ2n) is 11.4. The van der Waals surface area contributed by atoms with E-state index in [0.29, 0.717) is 19.3 Å². The molecule has 0 amide bonds. The summed E-state index contributed by atoms with van der Waals surface area (Å²) < 4.78 is 28.6. The molecule has 3 rings (SSSR count). The van der Waals surface area contributed by atoms with Gasteiger partial charge in [0.05, 0.1) is 18.4 Å². The molecule has 0 radical (unpaired) electrons. The highest BCUT2D eigenvalue weighted by atomic mass is 16.6. The van der Waals surface area contributed by atoms with Crippen molar-refractivity contribution in [2.24, 2.45) is 23.2 Å². The van der Waals surface area contributed by atoms with Crippen molar-refractivity contribution in [1.82, 2.24) is 0 Å². The summed E-state index contributed by atoms with van der Waals surface area (Å²) in [6.45, 7) is 11.5. The van der Waals surface area contributed by atoms with Crippen molar-refractivity contribution in [2.75, 3.05) is 7.11 Å². The minimum atomic E-state index is -1.53. The topological polar surface area (TPSA) is 135 Å². The zero-order valence-electron chi connectivity index (χ0n) is 24.2. The Hall–Kier alpha value is -2.75. The molecule has 10 heteroatoms. The Labute approximate surface area is 230 Å². The number of carbonyl (C=O) groups excluding carboxylic acids is 5. The van der Waals surface area contributed by atoms with Crippen LogP contribution >= 0.6 is 0 Å². The van der Waals surface area contributed by atoms with Gasteiger partial charge in [-0.05, 0) is 33.1 Å². The van der Waals surface area contributed by atoms with Crippen molar-refractivity contribution in [3.63, 3.8) is 0 Å². The summed E-state index contributed by atoms with van der Waals surface area (Å²) in [5.41, 5.74) is -1.82. The summed E-state index contributed by atoms with van der Waals surface area (Å²) in [6.07, 6.45) is 0.502. The molecule has 0 bridgehead atoms. The lowest BCUT2D eigenvalue weighted by Gasteiger charge is -2.54. The van der Waals surface area contributed by atoms with E-state index in [-0.39, 0.29) is 12.8 Å². The number of epoxide rings is 1. The summed E-state index contributed by atoms with van der Waals surface area (Å²) in [6, 6.07) is 0. The number of ketones is 1. The van der Waals surface area contributed by atoms with E-state index >= 15 is 0 Å². The van der Waals surface area contributed by atoms with Crippen LogP contribution in [0.1, 0.15) is 80.6 Å². The number of rotatable bonds is 7. The fraction of sp³-hybridized carbons (Fsp3) is 0.759. The summed E-state index contributed by atoms with van der Waals surface area (Å²) in [4.78, 5) is 64.8. The minimum Gasteiger partial charge on any atom is -0.469 e. The van der Waals surface area contributed by atoms with E-state index in [4.69, 9.17) is 23.7 Å². The fourth-order valence-corrected chi connectivity index (χ4v) is 6.64. The van der Waals surface area contributed by atoms with Gasteiger partial charge in [0.2, 0.25) is 0 Å². The van der Waals surface area contributed by atoms with Gasteiger partial charge in [-0.1, -0.05) is 32.4 Å². The second-order valence-corrected chi connectivity index (χ2v) is 11.4. The van der Waals surface area contributed by atoms with Crippen molar-refractivity contribution in [3.05, 3.63) is 11.6 Å². The number of allylic oxidation sites excluding steroid dienone is 1. The molecular formula is C29H42O10. The van der Waals surface area contributed by atoms with Crippen molar-refractivity contribution in [3.8, 4) is 0 Å². The van der Waals surface area contributed by atoms with E-state index in [2.05, 4.69) is 0 Å². The van der Waals surface area contributed by atoms with Crippen LogP contribution in [0.15, 0.2) is 11.6 Å². The average Bonchev–Trinajstić information content (AvgIpc) is 3.57. The lowest BCUT2D eigenvalue weighted by Crippen LogP contribution is -2.64. The number of ether oxygens (including phenoxy) is 5. The lowest BCUT2D eigenvalue weighted by molar-refractivity contribution is -0.212. The standard InChI is InChI=1S/C29H42O10/c1-9-10-24(32)38-21-12-11-15(2)13-23-29(39-23,17(4)27(34)35-8)26(33)25-16(3)20(36-18(5)30)14-22(28(21,25)7)37-19(6)31/h13,16-17,20-23,25H,9-12,14H2,1-8H3/b15-13-/t16-,17+,20-,21-,22+,23-,25-,28+,29+/m0/s1. The summed E-state index contributed by atoms with van der Waals surface area (Å²) >= 11 is 0. The first-order chi connectivity index (χ1) is 18.2. The molecule has 9 atom stereocenters. The third kappa shape index (κ3) is 5.76. The molecule has 1 aliphatic heterocycles. The lowest BCUT2D eigenvalue weighted by atomic mass is 9.53. The van der Waals surface area contributed by atoms with E-state index in [1.165, 1.54) is 21.0 Å². The molecule has 3 aliphatic rings. The van der Waals surface area contributed by atoms with Crippen molar-refractivity contribution in [2.45, 2.75) is 111 Å². The van der Waals surface area contributed by atoms with Gasteiger partial charge in [-0.25, -0.2) is 0 Å². The van der Waals surface area contributed by atoms with Gasteiger partial charge in [-0.2, -0.15) is 0 Å². The van der Waals surface area contributed by atoms with Gasteiger partial charge in [0.15, 0.2) is 11.4 Å². The van der Waals surface area contributed by atoms with Gasteiger partial charge in [-0.3, -0.25) is 24.0 Å². The molecule has 1 saturated heterocycles. The van der Waals surface area contributed by atoms with Crippen LogP contribution in [0.2, 0.25) is 0 Å². The first-order valence-electron chi connectivity index (χ1n) is 13.7. The predicted molar refractivity (Wildman–Crippen MR) is 138 cm³/mol. The van der Waals surface area contributed by atoms with Crippen LogP contribution in [0.3, 0.4) is 0 Å². The maximum atomic E-state index is 14.8. The highest BCUT2D eigenvalue weighted by molar-refractivity contribution is 5.98. The molecule has 1 heterocycles. The fourth-order valence-electron chi connectivity index (χ4n) is 6.64. The maximum Gasteiger partial charge on any atom is 0.311 e. The molecule has 10 nitrogen and oxygen atoms in total. The molecule has 1 saturated carbocycles. The molecule has 218 valence electrons. The molecule has 2 fully saturated rings. The minimum absolute atomic E-state index is 0.126. The molecule has 2 aliphatic carbocycles. The van der Waals surface area contributed by atoms with E-state index < -0.39 is 82.8 Å². The Kier molecular flexibility index (Phi) is 9.30. The Balaban J connectivity index is 2.26. The smallest absolute Gasteiger partial charge is 0.311 e. The van der Waals surface area contributed by atoms with Crippen molar-refractivity contribution in [1.29, 1.82) is 0 Å². The van der Waals surface area contributed by atoms with Gasteiger partial charge in [0.25, 0.3) is 0 Å². The Bertz CT molecular complexity index is 1030. The van der Waals surface area contributed by atoms with Gasteiger partial charge in [0.1, 0.15) is 24.4 Å².